The van der Waals surface area contributed by atoms with Crippen LogP contribution in [0.15, 0.2) is 24.3 Å². The Morgan fingerprint density at radius 1 is 1.30 bits per heavy atom. The Kier molecular flexibility index (Phi) is 9.91. The molecule has 1 N–H and O–H groups in total. The van der Waals surface area contributed by atoms with Gasteiger partial charge in [0.15, 0.2) is 0 Å². The number of carbonyl (C=O) groups is 1. The van der Waals surface area contributed by atoms with Gasteiger partial charge in [0.1, 0.15) is 5.75 Å². The average Bonchev–Trinajstić information content (AvgIpc) is 2.73. The van der Waals surface area contributed by atoms with E-state index in [0.717, 1.165) is 19.5 Å². The van der Waals surface area contributed by atoms with Crippen LogP contribution in [0.1, 0.15) is 51.9 Å². The molecule has 1 heterocycles. The Morgan fingerprint density at radius 3 is 2.80 bits per heavy atom. The molecule has 0 aromatic heterocycles. The first kappa shape index (κ1) is 24.5. The number of sulfonamides is 1. The molecule has 0 radical (unpaired) electrons. The molecule has 0 saturated carbocycles. The maximum Gasteiger partial charge on any atom is 0.232 e. The monoisotopic (exact) mass is 439 g/mol. The molecule has 1 saturated heterocycles. The second-order valence-electron chi connectivity index (χ2n) is 7.94. The van der Waals surface area contributed by atoms with Gasteiger partial charge in [0.2, 0.25) is 15.9 Å². The summed E-state index contributed by atoms with van der Waals surface area (Å²) in [5.74, 6) is 0.567. The lowest BCUT2D eigenvalue weighted by atomic mass is 10.00. The molecule has 2 rings (SSSR count). The van der Waals surface area contributed by atoms with E-state index < -0.39 is 10.0 Å². The minimum Gasteiger partial charge on any atom is -0.497 e. The van der Waals surface area contributed by atoms with E-state index in [0.29, 0.717) is 36.9 Å². The summed E-state index contributed by atoms with van der Waals surface area (Å²) in [6.07, 6.45) is 7.96. The number of nitrogens with one attached hydrogen (secondary N) is 1. The maximum absolute atomic E-state index is 12.2. The van der Waals surface area contributed by atoms with Crippen LogP contribution in [0.3, 0.4) is 0 Å². The van der Waals surface area contributed by atoms with Gasteiger partial charge in [-0.1, -0.05) is 19.4 Å². The van der Waals surface area contributed by atoms with Gasteiger partial charge < -0.3 is 15.0 Å². The van der Waals surface area contributed by atoms with Crippen LogP contribution in [0, 0.1) is 0 Å². The van der Waals surface area contributed by atoms with E-state index in [1.54, 1.807) is 31.4 Å². The van der Waals surface area contributed by atoms with Crippen molar-refractivity contribution >= 4 is 21.6 Å². The smallest absolute Gasteiger partial charge is 0.232 e. The number of anilines is 1. The third-order valence-electron chi connectivity index (χ3n) is 5.67. The topological polar surface area (TPSA) is 79.0 Å². The molecule has 0 aliphatic carbocycles. The second-order valence-corrected chi connectivity index (χ2v) is 9.84. The fourth-order valence-corrected chi connectivity index (χ4v) is 5.01. The largest absolute Gasteiger partial charge is 0.497 e. The van der Waals surface area contributed by atoms with Crippen molar-refractivity contribution in [3.63, 3.8) is 0 Å². The van der Waals surface area contributed by atoms with Crippen molar-refractivity contribution in [2.75, 3.05) is 43.8 Å². The second kappa shape index (κ2) is 12.2. The van der Waals surface area contributed by atoms with Crippen LogP contribution in [0.5, 0.6) is 5.75 Å². The number of amides is 1. The molecule has 0 spiro atoms. The Hall–Kier alpha value is -1.80. The van der Waals surface area contributed by atoms with Crippen molar-refractivity contribution in [3.8, 4) is 5.75 Å². The number of hydrogen-bond donors (Lipinski definition) is 1. The zero-order valence-electron chi connectivity index (χ0n) is 18.6. The number of ether oxygens (including phenoxy) is 1. The lowest BCUT2D eigenvalue weighted by Gasteiger charge is -2.35. The SMILES string of the molecule is CC[C@@H]1CCCCN1CCCNC(=O)CCCN(c1cccc(OC)c1)S(C)(=O)=O. The summed E-state index contributed by atoms with van der Waals surface area (Å²) in [7, 11) is -1.90. The highest BCUT2D eigenvalue weighted by atomic mass is 32.2. The molecule has 1 aliphatic heterocycles. The number of carbonyl (C=O) groups excluding carboxylic acids is 1. The van der Waals surface area contributed by atoms with Gasteiger partial charge in [-0.2, -0.15) is 0 Å². The molecule has 1 atom stereocenters. The highest BCUT2D eigenvalue weighted by Gasteiger charge is 2.20. The first-order chi connectivity index (χ1) is 14.3. The van der Waals surface area contributed by atoms with Crippen molar-refractivity contribution in [2.45, 2.75) is 57.9 Å². The van der Waals surface area contributed by atoms with Gasteiger partial charge in [-0.05, 0) is 50.8 Å². The Labute approximate surface area is 181 Å². The summed E-state index contributed by atoms with van der Waals surface area (Å²) < 4.78 is 30.9. The third kappa shape index (κ3) is 7.80. The van der Waals surface area contributed by atoms with Crippen LogP contribution in [0.4, 0.5) is 5.69 Å². The van der Waals surface area contributed by atoms with Crippen molar-refractivity contribution in [3.05, 3.63) is 24.3 Å². The molecule has 7 nitrogen and oxygen atoms in total. The predicted octanol–water partition coefficient (Wildman–Crippen LogP) is 3.01. The van der Waals surface area contributed by atoms with Crippen LogP contribution in [-0.2, 0) is 14.8 Å². The van der Waals surface area contributed by atoms with E-state index in [9.17, 15) is 13.2 Å². The maximum atomic E-state index is 12.2. The molecule has 8 heteroatoms. The summed E-state index contributed by atoms with van der Waals surface area (Å²) in [6, 6.07) is 7.63. The van der Waals surface area contributed by atoms with E-state index in [-0.39, 0.29) is 12.5 Å². The van der Waals surface area contributed by atoms with Crippen LogP contribution in [0.2, 0.25) is 0 Å². The number of benzene rings is 1. The van der Waals surface area contributed by atoms with Gasteiger partial charge in [0, 0.05) is 38.2 Å². The van der Waals surface area contributed by atoms with E-state index in [4.69, 9.17) is 4.74 Å². The summed E-state index contributed by atoms with van der Waals surface area (Å²) in [5, 5.41) is 2.97. The van der Waals surface area contributed by atoms with Gasteiger partial charge in [0.05, 0.1) is 19.1 Å². The van der Waals surface area contributed by atoms with Crippen LogP contribution >= 0.6 is 0 Å². The van der Waals surface area contributed by atoms with Crippen LogP contribution < -0.4 is 14.4 Å². The normalized spacial score (nSPS) is 17.5. The molecule has 1 aromatic rings. The first-order valence-corrected chi connectivity index (χ1v) is 12.8. The molecule has 0 bridgehead atoms. The Morgan fingerprint density at radius 2 is 2.10 bits per heavy atom. The quantitative estimate of drug-likeness (QED) is 0.507. The number of methoxy groups -OCH3 is 1. The third-order valence-corrected chi connectivity index (χ3v) is 6.87. The van der Waals surface area contributed by atoms with E-state index in [2.05, 4.69) is 17.1 Å². The summed E-state index contributed by atoms with van der Waals surface area (Å²) in [4.78, 5) is 14.7. The molecule has 30 heavy (non-hydrogen) atoms. The molecule has 0 unspecified atom stereocenters. The van der Waals surface area contributed by atoms with Gasteiger partial charge in [-0.15, -0.1) is 0 Å². The number of piperidine rings is 1. The lowest BCUT2D eigenvalue weighted by Crippen LogP contribution is -2.40. The summed E-state index contributed by atoms with van der Waals surface area (Å²) in [5.41, 5.74) is 0.546. The van der Waals surface area contributed by atoms with E-state index in [1.807, 2.05) is 0 Å². The van der Waals surface area contributed by atoms with Crippen molar-refractivity contribution < 1.29 is 17.9 Å². The standard InChI is InChI=1S/C22H37N3O4S/c1-4-19-10-5-6-15-24(19)16-9-14-23-22(26)13-8-17-25(30(3,27)28)20-11-7-12-21(18-20)29-2/h7,11-12,18-19H,4-6,8-10,13-17H2,1-3H3,(H,23,26)/t19-/m1/s1. The number of nitrogens with zero attached hydrogens (tertiary/aromatic N) is 2. The molecular formula is C22H37N3O4S. The first-order valence-electron chi connectivity index (χ1n) is 11.0. The highest BCUT2D eigenvalue weighted by Crippen LogP contribution is 2.23. The molecule has 1 fully saturated rings. The van der Waals surface area contributed by atoms with E-state index >= 15 is 0 Å². The van der Waals surface area contributed by atoms with Crippen LogP contribution in [-0.4, -0.2) is 64.8 Å². The minimum atomic E-state index is -3.44. The number of rotatable bonds is 12. The van der Waals surface area contributed by atoms with Gasteiger partial charge in [-0.3, -0.25) is 9.10 Å². The van der Waals surface area contributed by atoms with Gasteiger partial charge >= 0.3 is 0 Å². The molecule has 1 amide bonds. The zero-order chi connectivity index (χ0) is 22.0. The van der Waals surface area contributed by atoms with Crippen molar-refractivity contribution in [2.24, 2.45) is 0 Å². The molecule has 1 aromatic carbocycles. The van der Waals surface area contributed by atoms with E-state index in [1.165, 1.54) is 36.2 Å². The fraction of sp³-hybridized carbons (Fsp3) is 0.682. The Balaban J connectivity index is 1.73. The van der Waals surface area contributed by atoms with Crippen molar-refractivity contribution in [1.82, 2.24) is 10.2 Å². The zero-order valence-corrected chi connectivity index (χ0v) is 19.4. The Bertz CT molecular complexity index is 769. The lowest BCUT2D eigenvalue weighted by molar-refractivity contribution is -0.121. The fourth-order valence-electron chi connectivity index (χ4n) is 4.05. The molecule has 1 aliphatic rings. The molecular weight excluding hydrogens is 402 g/mol. The summed E-state index contributed by atoms with van der Waals surface area (Å²) in [6.45, 7) is 5.35. The minimum absolute atomic E-state index is 0.0280. The number of likely N-dealkylation sites (tertiary alicyclic amines) is 1. The molecule has 170 valence electrons. The van der Waals surface area contributed by atoms with Gasteiger partial charge in [-0.25, -0.2) is 8.42 Å². The van der Waals surface area contributed by atoms with Gasteiger partial charge in [0.25, 0.3) is 0 Å². The van der Waals surface area contributed by atoms with Crippen LogP contribution in [0.25, 0.3) is 0 Å². The predicted molar refractivity (Wildman–Crippen MR) is 122 cm³/mol. The van der Waals surface area contributed by atoms with Crippen molar-refractivity contribution in [1.29, 1.82) is 0 Å². The average molecular weight is 440 g/mol. The number of hydrogen-bond acceptors (Lipinski definition) is 5. The highest BCUT2D eigenvalue weighted by molar-refractivity contribution is 7.92. The summed E-state index contributed by atoms with van der Waals surface area (Å²) >= 11 is 0.